The van der Waals surface area contributed by atoms with Gasteiger partial charge in [0.2, 0.25) is 0 Å². The van der Waals surface area contributed by atoms with Crippen LogP contribution >= 0.6 is 11.3 Å². The van der Waals surface area contributed by atoms with Crippen molar-refractivity contribution in [3.05, 3.63) is 47.1 Å². The maximum Gasteiger partial charge on any atom is 0.193 e. The average molecular weight is 262 g/mol. The van der Waals surface area contributed by atoms with E-state index in [-0.39, 0.29) is 6.04 Å². The second kappa shape index (κ2) is 4.56. The SMILES string of the molecule is Cc1cc(C(Cc2cn3ccsc3n2)NN)co1. The van der Waals surface area contributed by atoms with Crippen LogP contribution in [0.1, 0.15) is 23.1 Å². The number of hydrogen-bond donors (Lipinski definition) is 2. The summed E-state index contributed by atoms with van der Waals surface area (Å²) in [5.41, 5.74) is 4.88. The van der Waals surface area contributed by atoms with Gasteiger partial charge in [0.25, 0.3) is 0 Å². The molecule has 5 nitrogen and oxygen atoms in total. The molecule has 3 aromatic heterocycles. The zero-order valence-corrected chi connectivity index (χ0v) is 10.8. The Balaban J connectivity index is 1.83. The molecule has 0 aromatic carbocycles. The van der Waals surface area contributed by atoms with Crippen molar-refractivity contribution in [2.45, 2.75) is 19.4 Å². The van der Waals surface area contributed by atoms with E-state index in [2.05, 4.69) is 10.4 Å². The van der Waals surface area contributed by atoms with Crippen molar-refractivity contribution in [3.63, 3.8) is 0 Å². The Hall–Kier alpha value is -1.63. The fraction of sp³-hybridized carbons (Fsp3) is 0.250. The van der Waals surface area contributed by atoms with Crippen LogP contribution in [-0.2, 0) is 6.42 Å². The molecule has 0 saturated carbocycles. The highest BCUT2D eigenvalue weighted by molar-refractivity contribution is 7.15. The molecule has 18 heavy (non-hydrogen) atoms. The minimum Gasteiger partial charge on any atom is -0.469 e. The molecule has 6 heteroatoms. The van der Waals surface area contributed by atoms with Crippen LogP contribution < -0.4 is 11.3 Å². The lowest BCUT2D eigenvalue weighted by molar-refractivity contribution is 0.510. The lowest BCUT2D eigenvalue weighted by atomic mass is 10.1. The predicted octanol–water partition coefficient (Wildman–Crippen LogP) is 2.04. The molecule has 0 radical (unpaired) electrons. The topological polar surface area (TPSA) is 68.5 Å². The van der Waals surface area contributed by atoms with E-state index in [1.807, 2.05) is 35.2 Å². The Bertz CT molecular complexity index is 625. The zero-order valence-electron chi connectivity index (χ0n) is 9.96. The number of nitrogens with two attached hydrogens (primary N) is 1. The first-order valence-electron chi connectivity index (χ1n) is 5.68. The van der Waals surface area contributed by atoms with E-state index < -0.39 is 0 Å². The van der Waals surface area contributed by atoms with Crippen molar-refractivity contribution in [2.24, 2.45) is 5.84 Å². The van der Waals surface area contributed by atoms with Gasteiger partial charge in [-0.1, -0.05) is 0 Å². The third-order valence-electron chi connectivity index (χ3n) is 2.91. The summed E-state index contributed by atoms with van der Waals surface area (Å²) < 4.78 is 7.33. The summed E-state index contributed by atoms with van der Waals surface area (Å²) in [6, 6.07) is 2.01. The predicted molar refractivity (Wildman–Crippen MR) is 70.3 cm³/mol. The average Bonchev–Trinajstić information content (AvgIpc) is 3.00. The smallest absolute Gasteiger partial charge is 0.193 e. The van der Waals surface area contributed by atoms with Crippen molar-refractivity contribution in [1.29, 1.82) is 0 Å². The van der Waals surface area contributed by atoms with Crippen LogP contribution in [0.5, 0.6) is 0 Å². The molecule has 0 saturated heterocycles. The van der Waals surface area contributed by atoms with E-state index in [1.54, 1.807) is 17.6 Å². The molecule has 3 rings (SSSR count). The largest absolute Gasteiger partial charge is 0.469 e. The van der Waals surface area contributed by atoms with E-state index in [0.717, 1.165) is 28.4 Å². The van der Waals surface area contributed by atoms with E-state index >= 15 is 0 Å². The highest BCUT2D eigenvalue weighted by atomic mass is 32.1. The minimum absolute atomic E-state index is 0.0204. The number of nitrogens with zero attached hydrogens (tertiary/aromatic N) is 2. The van der Waals surface area contributed by atoms with Crippen LogP contribution in [0.25, 0.3) is 4.96 Å². The summed E-state index contributed by atoms with van der Waals surface area (Å²) in [5, 5.41) is 2.02. The number of furan rings is 1. The molecule has 0 aliphatic rings. The van der Waals surface area contributed by atoms with Gasteiger partial charge in [-0.25, -0.2) is 4.98 Å². The maximum atomic E-state index is 5.61. The molecule has 0 aliphatic carbocycles. The number of thiazole rings is 1. The molecule has 0 amide bonds. The quantitative estimate of drug-likeness (QED) is 0.557. The summed E-state index contributed by atoms with van der Waals surface area (Å²) in [7, 11) is 0. The molecule has 1 atom stereocenters. The molecule has 0 spiro atoms. The molecular weight excluding hydrogens is 248 g/mol. The summed E-state index contributed by atoms with van der Waals surface area (Å²) in [5.74, 6) is 6.49. The fourth-order valence-corrected chi connectivity index (χ4v) is 2.72. The highest BCUT2D eigenvalue weighted by Gasteiger charge is 2.15. The second-order valence-electron chi connectivity index (χ2n) is 4.24. The Morgan fingerprint density at radius 2 is 2.50 bits per heavy atom. The summed E-state index contributed by atoms with van der Waals surface area (Å²) in [6.07, 6.45) is 6.51. The normalized spacial score (nSPS) is 13.2. The summed E-state index contributed by atoms with van der Waals surface area (Å²) in [4.78, 5) is 5.55. The minimum atomic E-state index is 0.0204. The van der Waals surface area contributed by atoms with Gasteiger partial charge in [0.15, 0.2) is 4.96 Å². The van der Waals surface area contributed by atoms with Gasteiger partial charge in [-0.2, -0.15) is 0 Å². The van der Waals surface area contributed by atoms with Gasteiger partial charge in [0.1, 0.15) is 5.76 Å². The van der Waals surface area contributed by atoms with Crippen LogP contribution in [0.2, 0.25) is 0 Å². The Morgan fingerprint density at radius 1 is 1.61 bits per heavy atom. The molecule has 3 heterocycles. The van der Waals surface area contributed by atoms with E-state index in [9.17, 15) is 0 Å². The van der Waals surface area contributed by atoms with Crippen LogP contribution in [0.4, 0.5) is 0 Å². The van der Waals surface area contributed by atoms with E-state index in [0.29, 0.717) is 0 Å². The Kier molecular flexibility index (Phi) is 2.91. The number of aromatic nitrogens is 2. The Labute approximate surface area is 108 Å². The molecule has 3 aromatic rings. The van der Waals surface area contributed by atoms with Crippen molar-refractivity contribution in [3.8, 4) is 0 Å². The van der Waals surface area contributed by atoms with E-state index in [1.165, 1.54) is 0 Å². The number of imidazole rings is 1. The fourth-order valence-electron chi connectivity index (χ4n) is 2.00. The third-order valence-corrected chi connectivity index (χ3v) is 3.68. The number of nitrogens with one attached hydrogen (secondary N) is 1. The first kappa shape index (κ1) is 11.5. The molecule has 3 N–H and O–H groups in total. The highest BCUT2D eigenvalue weighted by Crippen LogP contribution is 2.21. The zero-order chi connectivity index (χ0) is 12.5. The molecule has 94 valence electrons. The molecule has 0 bridgehead atoms. The second-order valence-corrected chi connectivity index (χ2v) is 5.11. The maximum absolute atomic E-state index is 5.61. The molecule has 0 fully saturated rings. The molecule has 1 unspecified atom stereocenters. The number of aryl methyl sites for hydroxylation is 1. The third kappa shape index (κ3) is 2.05. The summed E-state index contributed by atoms with van der Waals surface area (Å²) >= 11 is 1.62. The van der Waals surface area contributed by atoms with Gasteiger partial charge in [-0.15, -0.1) is 11.3 Å². The first-order valence-corrected chi connectivity index (χ1v) is 6.56. The number of hydrazine groups is 1. The molecule has 0 aliphatic heterocycles. The van der Waals surface area contributed by atoms with Crippen molar-refractivity contribution in [2.75, 3.05) is 0 Å². The lowest BCUT2D eigenvalue weighted by Crippen LogP contribution is -2.29. The van der Waals surface area contributed by atoms with Crippen molar-refractivity contribution < 1.29 is 4.42 Å². The standard InChI is InChI=1S/C12H14N4OS/c1-8-4-9(7-17-8)11(15-13)5-10-6-16-2-3-18-12(16)14-10/h2-4,6-7,11,15H,5,13H2,1H3. The van der Waals surface area contributed by atoms with Gasteiger partial charge in [0.05, 0.1) is 18.0 Å². The van der Waals surface area contributed by atoms with Gasteiger partial charge < -0.3 is 4.42 Å². The van der Waals surface area contributed by atoms with Crippen molar-refractivity contribution in [1.82, 2.24) is 14.8 Å². The lowest BCUT2D eigenvalue weighted by Gasteiger charge is -2.11. The number of fused-ring (bicyclic) bond motifs is 1. The monoisotopic (exact) mass is 262 g/mol. The Morgan fingerprint density at radius 3 is 3.17 bits per heavy atom. The first-order chi connectivity index (χ1) is 8.76. The van der Waals surface area contributed by atoms with Gasteiger partial charge in [-0.3, -0.25) is 15.7 Å². The van der Waals surface area contributed by atoms with Crippen LogP contribution in [-0.4, -0.2) is 9.38 Å². The van der Waals surface area contributed by atoms with Crippen LogP contribution in [0, 0.1) is 6.92 Å². The van der Waals surface area contributed by atoms with Crippen molar-refractivity contribution >= 4 is 16.3 Å². The van der Waals surface area contributed by atoms with Crippen LogP contribution in [0.3, 0.4) is 0 Å². The van der Waals surface area contributed by atoms with Gasteiger partial charge in [-0.05, 0) is 13.0 Å². The number of rotatable bonds is 4. The molecular formula is C12H14N4OS. The van der Waals surface area contributed by atoms with Gasteiger partial charge in [0, 0.05) is 29.8 Å². The van der Waals surface area contributed by atoms with E-state index in [4.69, 9.17) is 10.3 Å². The number of hydrogen-bond acceptors (Lipinski definition) is 5. The summed E-state index contributed by atoms with van der Waals surface area (Å²) in [6.45, 7) is 1.92. The van der Waals surface area contributed by atoms with Crippen LogP contribution in [0.15, 0.2) is 34.5 Å². The van der Waals surface area contributed by atoms with Gasteiger partial charge >= 0.3 is 0 Å².